The van der Waals surface area contributed by atoms with Crippen molar-refractivity contribution in [3.8, 4) is 17.6 Å². The summed E-state index contributed by atoms with van der Waals surface area (Å²) in [5.74, 6) is 5.27. The summed E-state index contributed by atoms with van der Waals surface area (Å²) in [4.78, 5) is 24.5. The van der Waals surface area contributed by atoms with Crippen molar-refractivity contribution in [2.24, 2.45) is 5.73 Å². The molecule has 5 N–H and O–H groups in total. The fourth-order valence-electron chi connectivity index (χ4n) is 2.94. The molecule has 0 saturated heterocycles. The highest BCUT2D eigenvalue weighted by Gasteiger charge is 2.21. The van der Waals surface area contributed by atoms with Crippen LogP contribution in [-0.4, -0.2) is 35.5 Å². The largest absolute Gasteiger partial charge is 0.508 e. The van der Waals surface area contributed by atoms with Crippen molar-refractivity contribution in [3.05, 3.63) is 64.7 Å². The van der Waals surface area contributed by atoms with Crippen molar-refractivity contribution >= 4 is 11.8 Å². The Kier molecular flexibility index (Phi) is 7.81. The lowest BCUT2D eigenvalue weighted by atomic mass is 9.96. The van der Waals surface area contributed by atoms with E-state index in [-0.39, 0.29) is 18.2 Å². The number of phenolic OH excluding ortho intramolecular Hbond substituents is 1. The zero-order valence-corrected chi connectivity index (χ0v) is 17.0. The Hall–Kier alpha value is -3.30. The van der Waals surface area contributed by atoms with Crippen LogP contribution in [0.15, 0.2) is 42.5 Å². The molecule has 2 aromatic rings. The third-order valence-electron chi connectivity index (χ3n) is 4.55. The number of hydrogen-bond acceptors (Lipinski definition) is 4. The van der Waals surface area contributed by atoms with Gasteiger partial charge in [-0.15, -0.1) is 0 Å². The standard InChI is InChI=1S/C23H27N3O3/c1-15-12-19(27)13-16(2)20(15)14-21(24)23(29)26-17(3)22(28)25-11-7-10-18-8-5-4-6-9-18/h4-6,8-9,12-13,17,21,27H,11,14,24H2,1-3H3,(H,25,28)(H,26,29)/t17-,21-/m1/s1. The van der Waals surface area contributed by atoms with Gasteiger partial charge in [-0.1, -0.05) is 30.0 Å². The Bertz CT molecular complexity index is 906. The van der Waals surface area contributed by atoms with E-state index in [1.807, 2.05) is 44.2 Å². The van der Waals surface area contributed by atoms with Gasteiger partial charge in [0.2, 0.25) is 11.8 Å². The number of aromatic hydroxyl groups is 1. The molecule has 2 amide bonds. The van der Waals surface area contributed by atoms with Crippen molar-refractivity contribution in [1.82, 2.24) is 10.6 Å². The van der Waals surface area contributed by atoms with Gasteiger partial charge in [-0.25, -0.2) is 0 Å². The highest BCUT2D eigenvalue weighted by molar-refractivity contribution is 5.89. The molecule has 0 spiro atoms. The molecule has 6 heteroatoms. The predicted octanol–water partition coefficient (Wildman–Crippen LogP) is 1.55. The molecule has 0 aliphatic heterocycles. The lowest BCUT2D eigenvalue weighted by molar-refractivity contribution is -0.129. The van der Waals surface area contributed by atoms with Crippen LogP contribution in [-0.2, 0) is 16.0 Å². The third kappa shape index (κ3) is 6.66. The van der Waals surface area contributed by atoms with Gasteiger partial charge in [0.15, 0.2) is 0 Å². The number of hydrogen-bond donors (Lipinski definition) is 4. The number of nitrogens with one attached hydrogen (secondary N) is 2. The van der Waals surface area contributed by atoms with Crippen molar-refractivity contribution in [3.63, 3.8) is 0 Å². The zero-order valence-electron chi connectivity index (χ0n) is 17.0. The lowest BCUT2D eigenvalue weighted by Crippen LogP contribution is -2.51. The van der Waals surface area contributed by atoms with E-state index in [1.165, 1.54) is 0 Å². The molecule has 2 atom stereocenters. The van der Waals surface area contributed by atoms with E-state index in [0.717, 1.165) is 22.3 Å². The minimum absolute atomic E-state index is 0.183. The summed E-state index contributed by atoms with van der Waals surface area (Å²) in [6.45, 7) is 5.51. The summed E-state index contributed by atoms with van der Waals surface area (Å²) >= 11 is 0. The molecular formula is C23H27N3O3. The highest BCUT2D eigenvalue weighted by Crippen LogP contribution is 2.21. The van der Waals surface area contributed by atoms with Gasteiger partial charge >= 0.3 is 0 Å². The molecule has 0 saturated carbocycles. The summed E-state index contributed by atoms with van der Waals surface area (Å²) in [7, 11) is 0. The Morgan fingerprint density at radius 2 is 1.72 bits per heavy atom. The zero-order chi connectivity index (χ0) is 21.4. The summed E-state index contributed by atoms with van der Waals surface area (Å²) in [6, 6.07) is 11.2. The van der Waals surface area contributed by atoms with Crippen LogP contribution < -0.4 is 16.4 Å². The molecule has 0 radical (unpaired) electrons. The van der Waals surface area contributed by atoms with Crippen LogP contribution in [0, 0.1) is 25.7 Å². The molecule has 6 nitrogen and oxygen atoms in total. The second kappa shape index (κ2) is 10.3. The third-order valence-corrected chi connectivity index (χ3v) is 4.55. The van der Waals surface area contributed by atoms with E-state index >= 15 is 0 Å². The number of phenols is 1. The number of carbonyl (C=O) groups is 2. The summed E-state index contributed by atoms with van der Waals surface area (Å²) in [6.07, 6.45) is 0.320. The Labute approximate surface area is 171 Å². The van der Waals surface area contributed by atoms with Crippen LogP contribution in [0.2, 0.25) is 0 Å². The quantitative estimate of drug-likeness (QED) is 0.559. The molecule has 0 aliphatic rings. The molecule has 0 fully saturated rings. The number of carbonyl (C=O) groups excluding carboxylic acids is 2. The van der Waals surface area contributed by atoms with Crippen LogP contribution in [0.4, 0.5) is 0 Å². The number of rotatable bonds is 6. The minimum atomic E-state index is -0.801. The van der Waals surface area contributed by atoms with Gasteiger partial charge in [-0.05, 0) is 68.1 Å². The van der Waals surface area contributed by atoms with Crippen LogP contribution in [0.3, 0.4) is 0 Å². The Morgan fingerprint density at radius 3 is 2.34 bits per heavy atom. The maximum absolute atomic E-state index is 12.4. The van der Waals surface area contributed by atoms with E-state index in [4.69, 9.17) is 5.73 Å². The number of amides is 2. The van der Waals surface area contributed by atoms with Gasteiger partial charge in [0.25, 0.3) is 0 Å². The average molecular weight is 393 g/mol. The van der Waals surface area contributed by atoms with Gasteiger partial charge < -0.3 is 21.5 Å². The topological polar surface area (TPSA) is 104 Å². The van der Waals surface area contributed by atoms with Crippen molar-refractivity contribution in [2.45, 2.75) is 39.3 Å². The second-order valence-corrected chi connectivity index (χ2v) is 6.98. The van der Waals surface area contributed by atoms with E-state index in [0.29, 0.717) is 6.42 Å². The number of aryl methyl sites for hydroxylation is 2. The van der Waals surface area contributed by atoms with E-state index in [9.17, 15) is 14.7 Å². The SMILES string of the molecule is Cc1cc(O)cc(C)c1C[C@@H](N)C(=O)N[C@H](C)C(=O)NCC#Cc1ccccc1. The summed E-state index contributed by atoms with van der Waals surface area (Å²) < 4.78 is 0. The van der Waals surface area contributed by atoms with E-state index < -0.39 is 18.0 Å². The van der Waals surface area contributed by atoms with Crippen LogP contribution in [0.1, 0.15) is 29.2 Å². The molecule has 0 heterocycles. The Balaban J connectivity index is 1.84. The second-order valence-electron chi connectivity index (χ2n) is 6.98. The van der Waals surface area contributed by atoms with Crippen LogP contribution in [0.25, 0.3) is 0 Å². The Morgan fingerprint density at radius 1 is 1.10 bits per heavy atom. The molecule has 0 bridgehead atoms. The predicted molar refractivity (Wildman–Crippen MR) is 113 cm³/mol. The molecule has 29 heavy (non-hydrogen) atoms. The monoisotopic (exact) mass is 393 g/mol. The van der Waals surface area contributed by atoms with Crippen LogP contribution >= 0.6 is 0 Å². The molecule has 0 aliphatic carbocycles. The first-order valence-electron chi connectivity index (χ1n) is 9.44. The van der Waals surface area contributed by atoms with Crippen LogP contribution in [0.5, 0.6) is 5.75 Å². The maximum atomic E-state index is 12.4. The number of nitrogens with two attached hydrogens (primary N) is 1. The molecule has 0 aromatic heterocycles. The fraction of sp³-hybridized carbons (Fsp3) is 0.304. The first kappa shape index (κ1) is 22.0. The first-order chi connectivity index (χ1) is 13.8. The van der Waals surface area contributed by atoms with Crippen molar-refractivity contribution < 1.29 is 14.7 Å². The summed E-state index contributed by atoms with van der Waals surface area (Å²) in [5, 5.41) is 14.9. The molecular weight excluding hydrogens is 366 g/mol. The summed E-state index contributed by atoms with van der Waals surface area (Å²) in [5.41, 5.74) is 9.55. The van der Waals surface area contributed by atoms with Crippen molar-refractivity contribution in [2.75, 3.05) is 6.54 Å². The van der Waals surface area contributed by atoms with Gasteiger partial charge in [0, 0.05) is 5.56 Å². The van der Waals surface area contributed by atoms with E-state index in [1.54, 1.807) is 19.1 Å². The smallest absolute Gasteiger partial charge is 0.243 e. The van der Waals surface area contributed by atoms with Gasteiger partial charge in [0.1, 0.15) is 11.8 Å². The van der Waals surface area contributed by atoms with Gasteiger partial charge in [0.05, 0.1) is 12.6 Å². The van der Waals surface area contributed by atoms with E-state index in [2.05, 4.69) is 22.5 Å². The number of benzene rings is 2. The first-order valence-corrected chi connectivity index (χ1v) is 9.44. The normalized spacial score (nSPS) is 12.3. The van der Waals surface area contributed by atoms with Gasteiger partial charge in [-0.2, -0.15) is 0 Å². The van der Waals surface area contributed by atoms with Crippen molar-refractivity contribution in [1.29, 1.82) is 0 Å². The minimum Gasteiger partial charge on any atom is -0.508 e. The average Bonchev–Trinajstić information content (AvgIpc) is 2.68. The fourth-order valence-corrected chi connectivity index (χ4v) is 2.94. The maximum Gasteiger partial charge on any atom is 0.243 e. The van der Waals surface area contributed by atoms with Gasteiger partial charge in [-0.3, -0.25) is 9.59 Å². The molecule has 0 unspecified atom stereocenters. The molecule has 152 valence electrons. The lowest BCUT2D eigenvalue weighted by Gasteiger charge is -2.19. The molecule has 2 aromatic carbocycles. The highest BCUT2D eigenvalue weighted by atomic mass is 16.3. The molecule has 2 rings (SSSR count).